The number of benzene rings is 2. The lowest BCUT2D eigenvalue weighted by atomic mass is 10.3. The number of hydrogen-bond donors (Lipinski definition) is 2. The summed E-state index contributed by atoms with van der Waals surface area (Å²) in [6, 6.07) is 10.9. The van der Waals surface area contributed by atoms with Crippen LogP contribution in [0.5, 0.6) is 0 Å². The zero-order valence-corrected chi connectivity index (χ0v) is 13.8. The SMILES string of the molecule is CC(Sc1ccc([N+](=O)[O-])cc1)C(=O)Nc1ccc2oc(=O)[nH]c2c1. The molecule has 128 valence electrons. The molecule has 1 heterocycles. The number of anilines is 1. The molecule has 0 aliphatic rings. The Morgan fingerprint density at radius 2 is 2.00 bits per heavy atom. The topological polar surface area (TPSA) is 118 Å². The summed E-state index contributed by atoms with van der Waals surface area (Å²) in [4.78, 5) is 36.9. The maximum Gasteiger partial charge on any atom is 0.417 e. The predicted octanol–water partition coefficient (Wildman–Crippen LogP) is 3.15. The van der Waals surface area contributed by atoms with Gasteiger partial charge in [-0.05, 0) is 37.3 Å². The van der Waals surface area contributed by atoms with Gasteiger partial charge >= 0.3 is 5.76 Å². The van der Waals surface area contributed by atoms with E-state index >= 15 is 0 Å². The second-order valence-corrected chi connectivity index (χ2v) is 6.64. The summed E-state index contributed by atoms with van der Waals surface area (Å²) < 4.78 is 4.90. The monoisotopic (exact) mass is 359 g/mol. The maximum absolute atomic E-state index is 12.3. The van der Waals surface area contributed by atoms with Crippen molar-refractivity contribution < 1.29 is 14.1 Å². The molecule has 0 aliphatic carbocycles. The molecule has 0 saturated heterocycles. The van der Waals surface area contributed by atoms with E-state index in [4.69, 9.17) is 4.42 Å². The quantitative estimate of drug-likeness (QED) is 0.410. The number of thioether (sulfide) groups is 1. The molecule has 0 radical (unpaired) electrons. The molecule has 2 aromatic carbocycles. The van der Waals surface area contributed by atoms with E-state index < -0.39 is 15.9 Å². The first-order valence-electron chi connectivity index (χ1n) is 7.27. The Labute approximate surface area is 145 Å². The molecule has 0 spiro atoms. The van der Waals surface area contributed by atoms with Crippen molar-refractivity contribution in [2.24, 2.45) is 0 Å². The number of aromatic nitrogens is 1. The fourth-order valence-corrected chi connectivity index (χ4v) is 3.05. The molecule has 0 aliphatic heterocycles. The normalized spacial score (nSPS) is 12.0. The molecule has 1 aromatic heterocycles. The van der Waals surface area contributed by atoms with E-state index in [-0.39, 0.29) is 11.6 Å². The maximum atomic E-state index is 12.3. The number of H-pyrrole nitrogens is 1. The molecule has 1 atom stereocenters. The Morgan fingerprint density at radius 3 is 2.68 bits per heavy atom. The van der Waals surface area contributed by atoms with Gasteiger partial charge in [-0.25, -0.2) is 4.79 Å². The Bertz CT molecular complexity index is 993. The minimum Gasteiger partial charge on any atom is -0.408 e. The van der Waals surface area contributed by atoms with E-state index in [1.807, 2.05) is 0 Å². The van der Waals surface area contributed by atoms with Crippen LogP contribution in [-0.4, -0.2) is 21.1 Å². The summed E-state index contributed by atoms with van der Waals surface area (Å²) in [6.45, 7) is 1.74. The summed E-state index contributed by atoms with van der Waals surface area (Å²) in [5.41, 5.74) is 1.45. The molecule has 1 unspecified atom stereocenters. The number of carbonyl (C=O) groups is 1. The lowest BCUT2D eigenvalue weighted by Crippen LogP contribution is -2.22. The van der Waals surface area contributed by atoms with Crippen molar-refractivity contribution in [2.75, 3.05) is 5.32 Å². The Kier molecular flexibility index (Phi) is 4.57. The van der Waals surface area contributed by atoms with Gasteiger partial charge in [-0.15, -0.1) is 11.8 Å². The molecular formula is C16H13N3O5S. The average molecular weight is 359 g/mol. The summed E-state index contributed by atoms with van der Waals surface area (Å²) in [6.07, 6.45) is 0. The average Bonchev–Trinajstić information content (AvgIpc) is 2.94. The smallest absolute Gasteiger partial charge is 0.408 e. The molecule has 0 saturated carbocycles. The highest BCUT2D eigenvalue weighted by Gasteiger charge is 2.16. The lowest BCUT2D eigenvalue weighted by molar-refractivity contribution is -0.384. The minimum atomic E-state index is -0.555. The highest BCUT2D eigenvalue weighted by atomic mass is 32.2. The fourth-order valence-electron chi connectivity index (χ4n) is 2.18. The van der Waals surface area contributed by atoms with Crippen molar-refractivity contribution in [3.8, 4) is 0 Å². The van der Waals surface area contributed by atoms with Crippen molar-refractivity contribution in [3.63, 3.8) is 0 Å². The second-order valence-electron chi connectivity index (χ2n) is 5.23. The molecule has 25 heavy (non-hydrogen) atoms. The number of carbonyl (C=O) groups excluding carboxylic acids is 1. The number of hydrogen-bond acceptors (Lipinski definition) is 6. The molecule has 2 N–H and O–H groups in total. The number of aromatic amines is 1. The standard InChI is InChI=1S/C16H13N3O5S/c1-9(25-12-5-3-11(4-6-12)19(22)23)15(20)17-10-2-7-14-13(8-10)18-16(21)24-14/h2-9H,1H3,(H,17,20)(H,18,21). The molecular weight excluding hydrogens is 346 g/mol. The van der Waals surface area contributed by atoms with Crippen LogP contribution < -0.4 is 11.1 Å². The van der Waals surface area contributed by atoms with Gasteiger partial charge in [0, 0.05) is 22.7 Å². The number of amides is 1. The fraction of sp³-hybridized carbons (Fsp3) is 0.125. The molecule has 0 bridgehead atoms. The minimum absolute atomic E-state index is 0.00358. The van der Waals surface area contributed by atoms with Crippen LogP contribution in [-0.2, 0) is 4.79 Å². The van der Waals surface area contributed by atoms with Gasteiger partial charge in [0.05, 0.1) is 15.7 Å². The number of nitro benzene ring substituents is 1. The van der Waals surface area contributed by atoms with E-state index in [0.29, 0.717) is 16.8 Å². The third-order valence-corrected chi connectivity index (χ3v) is 4.53. The van der Waals surface area contributed by atoms with Crippen LogP contribution in [0.25, 0.3) is 11.1 Å². The first-order chi connectivity index (χ1) is 11.9. The lowest BCUT2D eigenvalue weighted by Gasteiger charge is -2.12. The third-order valence-electron chi connectivity index (χ3n) is 3.42. The van der Waals surface area contributed by atoms with Crippen molar-refractivity contribution >= 4 is 40.1 Å². The summed E-state index contributed by atoms with van der Waals surface area (Å²) in [5, 5.41) is 13.0. The highest BCUT2D eigenvalue weighted by molar-refractivity contribution is 8.00. The van der Waals surface area contributed by atoms with Gasteiger partial charge in [0.15, 0.2) is 5.58 Å². The number of oxazole rings is 1. The van der Waals surface area contributed by atoms with Gasteiger partial charge in [-0.2, -0.15) is 0 Å². The van der Waals surface area contributed by atoms with Gasteiger partial charge in [0.1, 0.15) is 0 Å². The molecule has 0 fully saturated rings. The highest BCUT2D eigenvalue weighted by Crippen LogP contribution is 2.26. The van der Waals surface area contributed by atoms with Crippen LogP contribution in [0.3, 0.4) is 0 Å². The van der Waals surface area contributed by atoms with Crippen LogP contribution in [0, 0.1) is 10.1 Å². The van der Waals surface area contributed by atoms with Crippen LogP contribution in [0.1, 0.15) is 6.92 Å². The first kappa shape index (κ1) is 16.8. The number of fused-ring (bicyclic) bond motifs is 1. The second kappa shape index (κ2) is 6.81. The van der Waals surface area contributed by atoms with Gasteiger partial charge < -0.3 is 9.73 Å². The van der Waals surface area contributed by atoms with E-state index in [0.717, 1.165) is 4.90 Å². The summed E-state index contributed by atoms with van der Waals surface area (Å²) in [7, 11) is 0. The molecule has 8 nitrogen and oxygen atoms in total. The van der Waals surface area contributed by atoms with Crippen molar-refractivity contribution in [3.05, 3.63) is 63.1 Å². The Morgan fingerprint density at radius 1 is 1.28 bits per heavy atom. The molecule has 3 aromatic rings. The number of rotatable bonds is 5. The number of non-ortho nitro benzene ring substituents is 1. The van der Waals surface area contributed by atoms with Crippen molar-refractivity contribution in [2.45, 2.75) is 17.1 Å². The van der Waals surface area contributed by atoms with Crippen LogP contribution in [0.4, 0.5) is 11.4 Å². The first-order valence-corrected chi connectivity index (χ1v) is 8.15. The van der Waals surface area contributed by atoms with Gasteiger partial charge in [-0.1, -0.05) is 0 Å². The molecule has 3 rings (SSSR count). The largest absolute Gasteiger partial charge is 0.417 e. The van der Waals surface area contributed by atoms with Gasteiger partial charge in [-0.3, -0.25) is 19.9 Å². The van der Waals surface area contributed by atoms with E-state index in [1.54, 1.807) is 37.3 Å². The Balaban J connectivity index is 1.66. The number of nitrogens with zero attached hydrogens (tertiary/aromatic N) is 1. The summed E-state index contributed by atoms with van der Waals surface area (Å²) in [5.74, 6) is -0.783. The van der Waals surface area contributed by atoms with Crippen molar-refractivity contribution in [1.29, 1.82) is 0 Å². The van der Waals surface area contributed by atoms with Gasteiger partial charge in [0.25, 0.3) is 5.69 Å². The van der Waals surface area contributed by atoms with Gasteiger partial charge in [0.2, 0.25) is 5.91 Å². The zero-order chi connectivity index (χ0) is 18.0. The Hall–Kier alpha value is -3.07. The molecule has 1 amide bonds. The van der Waals surface area contributed by atoms with E-state index in [2.05, 4.69) is 10.3 Å². The summed E-state index contributed by atoms with van der Waals surface area (Å²) >= 11 is 1.29. The molecule has 9 heteroatoms. The van der Waals surface area contributed by atoms with Crippen LogP contribution >= 0.6 is 11.8 Å². The predicted molar refractivity (Wildman–Crippen MR) is 93.9 cm³/mol. The van der Waals surface area contributed by atoms with E-state index in [9.17, 15) is 19.7 Å². The third kappa shape index (κ3) is 3.89. The van der Waals surface area contributed by atoms with Crippen LogP contribution in [0.15, 0.2) is 56.6 Å². The zero-order valence-electron chi connectivity index (χ0n) is 13.0. The van der Waals surface area contributed by atoms with Crippen molar-refractivity contribution in [1.82, 2.24) is 4.98 Å². The number of nitro groups is 1. The van der Waals surface area contributed by atoms with E-state index in [1.165, 1.54) is 23.9 Å². The van der Waals surface area contributed by atoms with Crippen LogP contribution in [0.2, 0.25) is 0 Å². The number of nitrogens with one attached hydrogen (secondary N) is 2.